The number of ether oxygens (including phenoxy) is 2. The summed E-state index contributed by atoms with van der Waals surface area (Å²) in [5.41, 5.74) is 5.65. The molecule has 0 aromatic carbocycles. The molecule has 8 heteroatoms. The lowest BCUT2D eigenvalue weighted by Crippen LogP contribution is -2.49. The van der Waals surface area contributed by atoms with Crippen LogP contribution in [0, 0.1) is 0 Å². The molecule has 0 bridgehead atoms. The lowest BCUT2D eigenvalue weighted by Gasteiger charge is -2.34. The molecular formula is C12H19N5O3. The Labute approximate surface area is 117 Å². The monoisotopic (exact) mass is 281 g/mol. The zero-order valence-corrected chi connectivity index (χ0v) is 11.9. The Kier molecular flexibility index (Phi) is 4.23. The summed E-state index contributed by atoms with van der Waals surface area (Å²) >= 11 is 0. The number of hydrogen-bond acceptors (Lipinski definition) is 7. The third-order valence-electron chi connectivity index (χ3n) is 3.02. The largest absolute Gasteiger partial charge is 0.481 e. The van der Waals surface area contributed by atoms with Crippen molar-refractivity contribution in [3.8, 4) is 5.88 Å². The third-order valence-corrected chi connectivity index (χ3v) is 3.02. The van der Waals surface area contributed by atoms with Gasteiger partial charge in [-0.2, -0.15) is 9.97 Å². The zero-order chi connectivity index (χ0) is 14.7. The summed E-state index contributed by atoms with van der Waals surface area (Å²) in [5, 5.41) is 0. The number of anilines is 2. The third kappa shape index (κ3) is 3.08. The minimum absolute atomic E-state index is 0.0660. The van der Waals surface area contributed by atoms with Crippen LogP contribution in [0.15, 0.2) is 6.07 Å². The smallest absolute Gasteiger partial charge is 0.253 e. The van der Waals surface area contributed by atoms with Crippen LogP contribution in [-0.4, -0.2) is 67.8 Å². The maximum Gasteiger partial charge on any atom is 0.253 e. The van der Waals surface area contributed by atoms with E-state index < -0.39 is 6.10 Å². The molecule has 110 valence electrons. The van der Waals surface area contributed by atoms with Gasteiger partial charge in [0.15, 0.2) is 6.10 Å². The van der Waals surface area contributed by atoms with Crippen LogP contribution in [-0.2, 0) is 9.53 Å². The molecule has 8 nitrogen and oxygen atoms in total. The van der Waals surface area contributed by atoms with Crippen LogP contribution < -0.4 is 15.4 Å². The molecule has 20 heavy (non-hydrogen) atoms. The molecule has 0 saturated carbocycles. The number of methoxy groups -OCH3 is 1. The number of carbonyl (C=O) groups is 1. The van der Waals surface area contributed by atoms with Crippen molar-refractivity contribution in [3.63, 3.8) is 0 Å². The molecule has 2 heterocycles. The number of nitrogen functional groups attached to an aromatic ring is 1. The first-order chi connectivity index (χ1) is 9.51. The van der Waals surface area contributed by atoms with Crippen molar-refractivity contribution in [1.82, 2.24) is 14.9 Å². The fraction of sp³-hybridized carbons (Fsp3) is 0.583. The van der Waals surface area contributed by atoms with Gasteiger partial charge in [0.1, 0.15) is 5.82 Å². The maximum atomic E-state index is 12.0. The summed E-state index contributed by atoms with van der Waals surface area (Å²) in [7, 11) is 4.93. The molecule has 1 amide bonds. The summed E-state index contributed by atoms with van der Waals surface area (Å²) < 4.78 is 10.6. The van der Waals surface area contributed by atoms with Gasteiger partial charge < -0.3 is 25.0 Å². The quantitative estimate of drug-likeness (QED) is 0.787. The number of carbonyl (C=O) groups excluding carboxylic acids is 1. The molecule has 1 aromatic rings. The van der Waals surface area contributed by atoms with E-state index in [-0.39, 0.29) is 11.9 Å². The molecule has 2 rings (SSSR count). The average Bonchev–Trinajstić information content (AvgIpc) is 2.45. The fourth-order valence-electron chi connectivity index (χ4n) is 1.99. The molecule has 1 atom stereocenters. The van der Waals surface area contributed by atoms with Crippen LogP contribution >= 0.6 is 0 Å². The van der Waals surface area contributed by atoms with Crippen molar-refractivity contribution in [2.75, 3.05) is 51.5 Å². The van der Waals surface area contributed by atoms with Gasteiger partial charge in [-0.1, -0.05) is 0 Å². The lowest BCUT2D eigenvalue weighted by molar-refractivity contribution is -0.141. The highest BCUT2D eigenvalue weighted by molar-refractivity contribution is 5.81. The highest BCUT2D eigenvalue weighted by Crippen LogP contribution is 2.21. The first kappa shape index (κ1) is 14.3. The van der Waals surface area contributed by atoms with E-state index in [1.807, 2.05) is 4.90 Å². The number of amides is 1. The van der Waals surface area contributed by atoms with E-state index in [1.165, 1.54) is 12.0 Å². The van der Waals surface area contributed by atoms with Crippen molar-refractivity contribution in [3.05, 3.63) is 6.07 Å². The molecule has 0 spiro atoms. The number of rotatable bonds is 3. The molecule has 1 aliphatic rings. The Hall–Kier alpha value is -2.09. The summed E-state index contributed by atoms with van der Waals surface area (Å²) in [6, 6.07) is 1.69. The van der Waals surface area contributed by atoms with Crippen LogP contribution in [0.1, 0.15) is 0 Å². The van der Waals surface area contributed by atoms with Gasteiger partial charge in [-0.05, 0) is 0 Å². The zero-order valence-electron chi connectivity index (χ0n) is 11.9. The summed E-state index contributed by atoms with van der Waals surface area (Å²) in [6.07, 6.45) is -0.499. The van der Waals surface area contributed by atoms with Crippen molar-refractivity contribution >= 4 is 17.7 Å². The predicted octanol–water partition coefficient (Wildman–Crippen LogP) is -0.639. The molecule has 1 fully saturated rings. The van der Waals surface area contributed by atoms with E-state index >= 15 is 0 Å². The van der Waals surface area contributed by atoms with Crippen molar-refractivity contribution < 1.29 is 14.3 Å². The van der Waals surface area contributed by atoms with Gasteiger partial charge in [0, 0.05) is 26.7 Å². The van der Waals surface area contributed by atoms with E-state index in [1.54, 1.807) is 20.2 Å². The highest BCUT2D eigenvalue weighted by Gasteiger charge is 2.28. The summed E-state index contributed by atoms with van der Waals surface area (Å²) in [5.74, 6) is 1.11. The summed E-state index contributed by atoms with van der Waals surface area (Å²) in [6.45, 7) is 1.52. The van der Waals surface area contributed by atoms with Crippen LogP contribution in [0.25, 0.3) is 0 Å². The topological polar surface area (TPSA) is 93.8 Å². The van der Waals surface area contributed by atoms with Gasteiger partial charge >= 0.3 is 0 Å². The molecule has 2 N–H and O–H groups in total. The minimum Gasteiger partial charge on any atom is -0.481 e. The predicted molar refractivity (Wildman–Crippen MR) is 73.6 cm³/mol. The van der Waals surface area contributed by atoms with Gasteiger partial charge in [-0.15, -0.1) is 0 Å². The summed E-state index contributed by atoms with van der Waals surface area (Å²) in [4.78, 5) is 23.5. The molecule has 0 aliphatic carbocycles. The van der Waals surface area contributed by atoms with Gasteiger partial charge in [0.05, 0.1) is 20.3 Å². The van der Waals surface area contributed by atoms with E-state index in [4.69, 9.17) is 15.2 Å². The molecule has 1 aromatic heterocycles. The van der Waals surface area contributed by atoms with E-state index in [0.29, 0.717) is 31.4 Å². The van der Waals surface area contributed by atoms with Gasteiger partial charge in [0.25, 0.3) is 5.91 Å². The fourth-order valence-corrected chi connectivity index (χ4v) is 1.99. The van der Waals surface area contributed by atoms with Crippen molar-refractivity contribution in [1.29, 1.82) is 0 Å². The second-order valence-electron chi connectivity index (χ2n) is 4.66. The van der Waals surface area contributed by atoms with E-state index in [2.05, 4.69) is 9.97 Å². The molecule has 1 saturated heterocycles. The molecule has 0 radical (unpaired) electrons. The molecule has 1 aliphatic heterocycles. The van der Waals surface area contributed by atoms with E-state index in [0.717, 1.165) is 0 Å². The first-order valence-electron chi connectivity index (χ1n) is 6.27. The number of morpholine rings is 1. The Morgan fingerprint density at radius 1 is 1.55 bits per heavy atom. The van der Waals surface area contributed by atoms with Crippen molar-refractivity contribution in [2.45, 2.75) is 6.10 Å². The number of aromatic nitrogens is 2. The van der Waals surface area contributed by atoms with Crippen molar-refractivity contribution in [2.24, 2.45) is 0 Å². The number of hydrogen-bond donors (Lipinski definition) is 1. The van der Waals surface area contributed by atoms with E-state index in [9.17, 15) is 4.79 Å². The van der Waals surface area contributed by atoms with Crippen LogP contribution in [0.5, 0.6) is 5.88 Å². The SMILES string of the molecule is COc1cc(N2CCOC(C(=O)N(C)C)C2)nc(N)n1. The lowest BCUT2D eigenvalue weighted by atomic mass is 10.2. The Morgan fingerprint density at radius 2 is 2.30 bits per heavy atom. The standard InChI is InChI=1S/C12H19N5O3/c1-16(2)11(18)8-7-17(4-5-20-8)9-6-10(19-3)15-12(13)14-9/h6,8H,4-5,7H2,1-3H3,(H2,13,14,15). The van der Waals surface area contributed by atoms with Crippen LogP contribution in [0.3, 0.4) is 0 Å². The Bertz CT molecular complexity index is 494. The average molecular weight is 281 g/mol. The van der Waals surface area contributed by atoms with Crippen LogP contribution in [0.4, 0.5) is 11.8 Å². The minimum atomic E-state index is -0.499. The second-order valence-corrected chi connectivity index (χ2v) is 4.66. The first-order valence-corrected chi connectivity index (χ1v) is 6.27. The van der Waals surface area contributed by atoms with Crippen LogP contribution in [0.2, 0.25) is 0 Å². The normalized spacial score (nSPS) is 18.8. The Morgan fingerprint density at radius 3 is 2.95 bits per heavy atom. The number of nitrogens with two attached hydrogens (primary N) is 1. The number of nitrogens with zero attached hydrogens (tertiary/aromatic N) is 4. The van der Waals surface area contributed by atoms with Gasteiger partial charge in [-0.25, -0.2) is 0 Å². The Balaban J connectivity index is 2.16. The maximum absolute atomic E-state index is 12.0. The number of likely N-dealkylation sites (N-methyl/N-ethyl adjacent to an activating group) is 1. The second kappa shape index (κ2) is 5.91. The molecule has 1 unspecified atom stereocenters. The highest BCUT2D eigenvalue weighted by atomic mass is 16.5. The van der Waals surface area contributed by atoms with Gasteiger partial charge in [0.2, 0.25) is 11.8 Å². The molecular weight excluding hydrogens is 262 g/mol. The van der Waals surface area contributed by atoms with Gasteiger partial charge in [-0.3, -0.25) is 4.79 Å².